The molecule has 0 saturated carbocycles. The smallest absolute Gasteiger partial charge is 0.256 e. The first-order valence-corrected chi connectivity index (χ1v) is 11.8. The third kappa shape index (κ3) is 3.47. The van der Waals surface area contributed by atoms with Gasteiger partial charge in [0.15, 0.2) is 6.17 Å². The maximum Gasteiger partial charge on any atom is 0.256 e. The molecule has 0 unspecified atom stereocenters. The van der Waals surface area contributed by atoms with Crippen LogP contribution < -0.4 is 10.6 Å². The second-order valence-electron chi connectivity index (χ2n) is 9.22. The highest BCUT2D eigenvalue weighted by Crippen LogP contribution is 2.47. The van der Waals surface area contributed by atoms with Gasteiger partial charge in [0.25, 0.3) is 5.91 Å². The average molecular weight is 439 g/mol. The standard InChI is InChI=1S/C25H27FN2O2S/c1-4-25(2,3)14-9-10-16-20(13-14)31-24-21(16)23(29)27-22(28-24)19-12-11-18(30-19)15-7-5-6-8-17(15)26/h5-8,11-12,14,22,28H,4,9-10,13H2,1-3H3,(H,27,29)/t14-,22-/m0/s1. The number of carbonyl (C=O) groups is 1. The number of thiophene rings is 1. The molecule has 3 heterocycles. The fourth-order valence-corrected chi connectivity index (χ4v) is 6.06. The van der Waals surface area contributed by atoms with Crippen LogP contribution in [0.3, 0.4) is 0 Å². The number of rotatable bonds is 4. The minimum absolute atomic E-state index is 0.0618. The fourth-order valence-electron chi connectivity index (χ4n) is 4.71. The van der Waals surface area contributed by atoms with Crippen LogP contribution in [0.25, 0.3) is 11.3 Å². The van der Waals surface area contributed by atoms with E-state index in [1.165, 1.54) is 16.5 Å². The third-order valence-corrected chi connectivity index (χ3v) is 8.30. The SMILES string of the molecule is CCC(C)(C)[C@H]1CCc2c(sc3c2C(=O)N[C@H](c2ccc(-c4ccccc4F)o2)N3)C1. The van der Waals surface area contributed by atoms with Crippen LogP contribution in [0.5, 0.6) is 0 Å². The lowest BCUT2D eigenvalue weighted by molar-refractivity contribution is 0.0930. The minimum atomic E-state index is -0.469. The van der Waals surface area contributed by atoms with Crippen molar-refractivity contribution in [2.75, 3.05) is 5.32 Å². The molecule has 0 radical (unpaired) electrons. The molecule has 6 heteroatoms. The van der Waals surface area contributed by atoms with E-state index in [4.69, 9.17) is 4.42 Å². The van der Waals surface area contributed by atoms with Crippen LogP contribution in [0.15, 0.2) is 40.8 Å². The second kappa shape index (κ2) is 7.52. The van der Waals surface area contributed by atoms with Crippen molar-refractivity contribution in [3.63, 3.8) is 0 Å². The van der Waals surface area contributed by atoms with Crippen LogP contribution in [-0.2, 0) is 12.8 Å². The monoisotopic (exact) mass is 438 g/mol. The number of hydrogen-bond donors (Lipinski definition) is 2. The van der Waals surface area contributed by atoms with E-state index in [-0.39, 0.29) is 11.7 Å². The molecule has 1 aliphatic carbocycles. The Morgan fingerprint density at radius 1 is 1.19 bits per heavy atom. The molecule has 2 aliphatic rings. The van der Waals surface area contributed by atoms with Crippen LogP contribution in [0.2, 0.25) is 0 Å². The summed E-state index contributed by atoms with van der Waals surface area (Å²) in [4.78, 5) is 14.4. The Balaban J connectivity index is 1.41. The maximum atomic E-state index is 14.1. The predicted octanol–water partition coefficient (Wildman–Crippen LogP) is 6.54. The zero-order valence-electron chi connectivity index (χ0n) is 18.0. The van der Waals surface area contributed by atoms with Crippen molar-refractivity contribution in [1.82, 2.24) is 5.32 Å². The lowest BCUT2D eigenvalue weighted by atomic mass is 9.69. The molecule has 2 N–H and O–H groups in total. The zero-order valence-corrected chi connectivity index (χ0v) is 18.9. The summed E-state index contributed by atoms with van der Waals surface area (Å²) < 4.78 is 20.0. The number of anilines is 1. The second-order valence-corrected chi connectivity index (χ2v) is 10.3. The van der Waals surface area contributed by atoms with Crippen molar-refractivity contribution in [2.45, 2.75) is 52.6 Å². The van der Waals surface area contributed by atoms with Crippen molar-refractivity contribution < 1.29 is 13.6 Å². The molecule has 0 bridgehead atoms. The van der Waals surface area contributed by atoms with Crippen LogP contribution in [0.4, 0.5) is 9.39 Å². The number of halogens is 1. The summed E-state index contributed by atoms with van der Waals surface area (Å²) in [6.45, 7) is 6.95. The van der Waals surface area contributed by atoms with Gasteiger partial charge in [-0.15, -0.1) is 11.3 Å². The van der Waals surface area contributed by atoms with E-state index in [0.29, 0.717) is 28.4 Å². The first-order chi connectivity index (χ1) is 14.9. The Labute approximate surface area is 185 Å². The van der Waals surface area contributed by atoms with E-state index < -0.39 is 6.17 Å². The van der Waals surface area contributed by atoms with Crippen LogP contribution in [0.1, 0.15) is 66.3 Å². The highest BCUT2D eigenvalue weighted by molar-refractivity contribution is 7.16. The quantitative estimate of drug-likeness (QED) is 0.486. The first-order valence-electron chi connectivity index (χ1n) is 10.9. The van der Waals surface area contributed by atoms with Crippen LogP contribution in [0, 0.1) is 17.2 Å². The molecular formula is C25H27FN2O2S. The number of nitrogens with one attached hydrogen (secondary N) is 2. The Kier molecular flexibility index (Phi) is 4.93. The van der Waals surface area contributed by atoms with Crippen molar-refractivity contribution in [1.29, 1.82) is 0 Å². The molecule has 2 atom stereocenters. The molecule has 3 aromatic rings. The van der Waals surface area contributed by atoms with Crippen molar-refractivity contribution >= 4 is 22.2 Å². The Bertz CT molecular complexity index is 1150. The largest absolute Gasteiger partial charge is 0.457 e. The molecule has 0 fully saturated rings. The van der Waals surface area contributed by atoms with Gasteiger partial charge >= 0.3 is 0 Å². The molecule has 1 amide bonds. The molecule has 0 spiro atoms. The molecular weight excluding hydrogens is 411 g/mol. The third-order valence-electron chi connectivity index (χ3n) is 7.11. The highest BCUT2D eigenvalue weighted by atomic mass is 32.1. The van der Waals surface area contributed by atoms with Gasteiger partial charge in [-0.25, -0.2) is 4.39 Å². The zero-order chi connectivity index (χ0) is 21.8. The van der Waals surface area contributed by atoms with Crippen molar-refractivity contribution in [2.24, 2.45) is 11.3 Å². The van der Waals surface area contributed by atoms with Gasteiger partial charge in [0.2, 0.25) is 0 Å². The Morgan fingerprint density at radius 2 is 2.00 bits per heavy atom. The van der Waals surface area contributed by atoms with E-state index in [9.17, 15) is 9.18 Å². The van der Waals surface area contributed by atoms with Gasteiger partial charge in [0.1, 0.15) is 22.3 Å². The van der Waals surface area contributed by atoms with E-state index in [1.54, 1.807) is 41.7 Å². The summed E-state index contributed by atoms with van der Waals surface area (Å²) in [7, 11) is 0. The molecule has 162 valence electrons. The Hall–Kier alpha value is -2.60. The van der Waals surface area contributed by atoms with E-state index in [0.717, 1.165) is 36.2 Å². The molecule has 2 aromatic heterocycles. The van der Waals surface area contributed by atoms with Gasteiger partial charge in [0.05, 0.1) is 11.1 Å². The molecule has 0 saturated heterocycles. The van der Waals surface area contributed by atoms with Gasteiger partial charge in [-0.3, -0.25) is 4.79 Å². The fraction of sp³-hybridized carbons (Fsp3) is 0.400. The lowest BCUT2D eigenvalue weighted by Crippen LogP contribution is -2.38. The molecule has 5 rings (SSSR count). The number of hydrogen-bond acceptors (Lipinski definition) is 4. The van der Waals surface area contributed by atoms with E-state index >= 15 is 0 Å². The molecule has 1 aromatic carbocycles. The predicted molar refractivity (Wildman–Crippen MR) is 122 cm³/mol. The summed E-state index contributed by atoms with van der Waals surface area (Å²) >= 11 is 1.70. The number of furan rings is 1. The summed E-state index contributed by atoms with van der Waals surface area (Å²) in [6.07, 6.45) is 3.79. The maximum absolute atomic E-state index is 14.1. The van der Waals surface area contributed by atoms with E-state index in [1.807, 2.05) is 0 Å². The van der Waals surface area contributed by atoms with Crippen molar-refractivity contribution in [3.05, 3.63) is 64.0 Å². The topological polar surface area (TPSA) is 54.3 Å². The van der Waals surface area contributed by atoms with Gasteiger partial charge < -0.3 is 15.1 Å². The number of amides is 1. The summed E-state index contributed by atoms with van der Waals surface area (Å²) in [5, 5.41) is 7.39. The van der Waals surface area contributed by atoms with Crippen molar-refractivity contribution in [3.8, 4) is 11.3 Å². The molecule has 31 heavy (non-hydrogen) atoms. The van der Waals surface area contributed by atoms with Gasteiger partial charge in [0, 0.05) is 4.88 Å². The van der Waals surface area contributed by atoms with Gasteiger partial charge in [-0.1, -0.05) is 39.3 Å². The van der Waals surface area contributed by atoms with E-state index in [2.05, 4.69) is 31.4 Å². The number of carbonyl (C=O) groups excluding carboxylic acids is 1. The van der Waals surface area contributed by atoms with Crippen LogP contribution in [-0.4, -0.2) is 5.91 Å². The average Bonchev–Trinajstić information content (AvgIpc) is 3.38. The minimum Gasteiger partial charge on any atom is -0.457 e. The number of benzene rings is 1. The summed E-state index contributed by atoms with van der Waals surface area (Å²) in [5.41, 5.74) is 2.72. The summed E-state index contributed by atoms with van der Waals surface area (Å²) in [6, 6.07) is 10.1. The van der Waals surface area contributed by atoms with Gasteiger partial charge in [-0.05, 0) is 60.4 Å². The summed E-state index contributed by atoms with van der Waals surface area (Å²) in [5.74, 6) is 1.26. The normalized spacial score (nSPS) is 20.6. The lowest BCUT2D eigenvalue weighted by Gasteiger charge is -2.36. The highest BCUT2D eigenvalue weighted by Gasteiger charge is 2.37. The van der Waals surface area contributed by atoms with Crippen LogP contribution >= 0.6 is 11.3 Å². The molecule has 4 nitrogen and oxygen atoms in total. The van der Waals surface area contributed by atoms with Gasteiger partial charge in [-0.2, -0.15) is 0 Å². The molecule has 1 aliphatic heterocycles. The Morgan fingerprint density at radius 3 is 2.77 bits per heavy atom. The number of fused-ring (bicyclic) bond motifs is 3. The first kappa shape index (κ1) is 20.3.